The van der Waals surface area contributed by atoms with E-state index in [4.69, 9.17) is 21.1 Å². The molecule has 0 spiro atoms. The minimum atomic E-state index is 0.515. The van der Waals surface area contributed by atoms with Gasteiger partial charge in [-0.25, -0.2) is 0 Å². The average Bonchev–Trinajstić information content (AvgIpc) is 3.00. The van der Waals surface area contributed by atoms with Crippen molar-refractivity contribution in [3.8, 4) is 11.5 Å². The molecule has 3 rings (SSSR count). The quantitative estimate of drug-likeness (QED) is 0.702. The Hall–Kier alpha value is -1.23. The second-order valence-corrected chi connectivity index (χ2v) is 8.11. The van der Waals surface area contributed by atoms with Crippen LogP contribution in [-0.4, -0.2) is 13.2 Å². The van der Waals surface area contributed by atoms with Crippen molar-refractivity contribution in [1.29, 1.82) is 0 Å². The van der Waals surface area contributed by atoms with Gasteiger partial charge in [-0.2, -0.15) is 0 Å². The van der Waals surface area contributed by atoms with Crippen LogP contribution in [0.2, 0.25) is 5.02 Å². The fraction of sp³-hybridized carbons (Fsp3) is 0.500. The third-order valence-electron chi connectivity index (χ3n) is 4.81. The summed E-state index contributed by atoms with van der Waals surface area (Å²) in [6.45, 7) is 1.45. The highest BCUT2D eigenvalue weighted by molar-refractivity contribution is 7.09. The van der Waals surface area contributed by atoms with Gasteiger partial charge in [0.15, 0.2) is 11.5 Å². The van der Waals surface area contributed by atoms with Gasteiger partial charge in [-0.15, -0.1) is 11.3 Å². The molecule has 3 nitrogen and oxygen atoms in total. The lowest BCUT2D eigenvalue weighted by Crippen LogP contribution is -2.88. The van der Waals surface area contributed by atoms with Gasteiger partial charge in [0, 0.05) is 10.4 Å². The molecule has 0 amide bonds. The highest BCUT2D eigenvalue weighted by Crippen LogP contribution is 2.37. The summed E-state index contributed by atoms with van der Waals surface area (Å²) in [7, 11) is 1.67. The molecule has 2 aromatic rings. The first-order valence-corrected chi connectivity index (χ1v) is 10.4. The normalized spacial score (nSPS) is 15.8. The molecule has 5 heteroatoms. The number of quaternary nitrogens is 1. The second kappa shape index (κ2) is 9.46. The lowest BCUT2D eigenvalue weighted by molar-refractivity contribution is -0.705. The van der Waals surface area contributed by atoms with Crippen LogP contribution < -0.4 is 14.8 Å². The maximum absolute atomic E-state index is 6.49. The molecule has 2 N–H and O–H groups in total. The predicted molar refractivity (Wildman–Crippen MR) is 104 cm³/mol. The summed E-state index contributed by atoms with van der Waals surface area (Å²) in [5.74, 6) is 1.35. The van der Waals surface area contributed by atoms with E-state index in [0.29, 0.717) is 23.1 Å². The minimum absolute atomic E-state index is 0.515. The standard InChI is InChI=1S/C20H26ClNO2S/c1-23-19-12-15(13-22-16-7-4-2-3-5-8-16)11-18(21)20(19)24-14-17-9-6-10-25-17/h6,9-12,16,22H,2-5,7-8,13-14H2,1H3/p+1. The third kappa shape index (κ3) is 5.37. The van der Waals surface area contributed by atoms with E-state index in [1.807, 2.05) is 17.5 Å². The Morgan fingerprint density at radius 1 is 1.20 bits per heavy atom. The molecule has 136 valence electrons. The molecule has 0 aliphatic heterocycles. The Balaban J connectivity index is 1.63. The van der Waals surface area contributed by atoms with Crippen LogP contribution in [-0.2, 0) is 13.2 Å². The summed E-state index contributed by atoms with van der Waals surface area (Å²) >= 11 is 8.16. The Labute approximate surface area is 159 Å². The van der Waals surface area contributed by atoms with Gasteiger partial charge in [0.05, 0.1) is 18.2 Å². The van der Waals surface area contributed by atoms with Crippen LogP contribution in [0.3, 0.4) is 0 Å². The molecule has 1 saturated carbocycles. The first-order chi connectivity index (χ1) is 12.3. The summed E-state index contributed by atoms with van der Waals surface area (Å²) < 4.78 is 11.4. The summed E-state index contributed by atoms with van der Waals surface area (Å²) in [4.78, 5) is 1.17. The molecule has 0 saturated heterocycles. The zero-order valence-electron chi connectivity index (χ0n) is 14.8. The molecule has 1 aromatic heterocycles. The Bertz CT molecular complexity index is 652. The third-order valence-corrected chi connectivity index (χ3v) is 5.95. The van der Waals surface area contributed by atoms with Gasteiger partial charge < -0.3 is 14.8 Å². The van der Waals surface area contributed by atoms with Gasteiger partial charge in [-0.05, 0) is 49.3 Å². The van der Waals surface area contributed by atoms with Crippen molar-refractivity contribution in [3.05, 3.63) is 45.1 Å². The zero-order valence-corrected chi connectivity index (χ0v) is 16.4. The van der Waals surface area contributed by atoms with E-state index in [2.05, 4.69) is 17.4 Å². The first kappa shape index (κ1) is 18.6. The van der Waals surface area contributed by atoms with E-state index in [9.17, 15) is 0 Å². The van der Waals surface area contributed by atoms with Crippen molar-refractivity contribution < 1.29 is 14.8 Å². The van der Waals surface area contributed by atoms with E-state index in [0.717, 1.165) is 12.6 Å². The van der Waals surface area contributed by atoms with Gasteiger partial charge in [0.25, 0.3) is 0 Å². The van der Waals surface area contributed by atoms with Crippen LogP contribution in [0, 0.1) is 0 Å². The van der Waals surface area contributed by atoms with Crippen molar-refractivity contribution in [3.63, 3.8) is 0 Å². The fourth-order valence-corrected chi connectivity index (χ4v) is 4.32. The highest BCUT2D eigenvalue weighted by Gasteiger charge is 2.17. The molecule has 1 aliphatic carbocycles. The molecule has 0 radical (unpaired) electrons. The smallest absolute Gasteiger partial charge is 0.180 e. The molecule has 0 unspecified atom stereocenters. The number of halogens is 1. The van der Waals surface area contributed by atoms with Crippen molar-refractivity contribution in [2.75, 3.05) is 7.11 Å². The predicted octanol–water partition coefficient (Wildman–Crippen LogP) is 4.78. The Morgan fingerprint density at radius 3 is 2.68 bits per heavy atom. The van der Waals surface area contributed by atoms with Gasteiger partial charge in [-0.1, -0.05) is 30.5 Å². The number of thiophene rings is 1. The van der Waals surface area contributed by atoms with E-state index in [-0.39, 0.29) is 0 Å². The van der Waals surface area contributed by atoms with Crippen LogP contribution in [0.4, 0.5) is 0 Å². The Morgan fingerprint density at radius 2 is 2.00 bits per heavy atom. The topological polar surface area (TPSA) is 35.1 Å². The van der Waals surface area contributed by atoms with E-state index < -0.39 is 0 Å². The molecular formula is C20H27ClNO2S+. The van der Waals surface area contributed by atoms with Crippen molar-refractivity contribution >= 4 is 22.9 Å². The molecule has 1 aliphatic rings. The summed E-state index contributed by atoms with van der Waals surface area (Å²) in [5, 5.41) is 5.13. The number of hydrogen-bond donors (Lipinski definition) is 1. The minimum Gasteiger partial charge on any atom is -0.493 e. The highest BCUT2D eigenvalue weighted by atomic mass is 35.5. The maximum Gasteiger partial charge on any atom is 0.180 e. The van der Waals surface area contributed by atoms with Gasteiger partial charge in [0.1, 0.15) is 13.2 Å². The number of hydrogen-bond acceptors (Lipinski definition) is 3. The monoisotopic (exact) mass is 380 g/mol. The molecule has 1 aromatic carbocycles. The van der Waals surface area contributed by atoms with Crippen molar-refractivity contribution in [2.24, 2.45) is 0 Å². The van der Waals surface area contributed by atoms with Crippen LogP contribution in [0.5, 0.6) is 11.5 Å². The summed E-state index contributed by atoms with van der Waals surface area (Å²) in [6.07, 6.45) is 8.15. The number of ether oxygens (including phenoxy) is 2. The van der Waals surface area contributed by atoms with Crippen LogP contribution in [0.15, 0.2) is 29.6 Å². The molecule has 0 atom stereocenters. The number of methoxy groups -OCH3 is 1. The Kier molecular flexibility index (Phi) is 7.02. The van der Waals surface area contributed by atoms with Gasteiger partial charge in [-0.3, -0.25) is 0 Å². The molecule has 25 heavy (non-hydrogen) atoms. The number of nitrogens with two attached hydrogens (primary N) is 1. The van der Waals surface area contributed by atoms with Gasteiger partial charge in [0.2, 0.25) is 0 Å². The van der Waals surface area contributed by atoms with E-state index in [1.54, 1.807) is 18.4 Å². The largest absolute Gasteiger partial charge is 0.493 e. The van der Waals surface area contributed by atoms with Crippen LogP contribution in [0.1, 0.15) is 49.0 Å². The fourth-order valence-electron chi connectivity index (χ4n) is 3.42. The van der Waals surface area contributed by atoms with Crippen LogP contribution in [0.25, 0.3) is 0 Å². The van der Waals surface area contributed by atoms with Crippen LogP contribution >= 0.6 is 22.9 Å². The lowest BCUT2D eigenvalue weighted by atomic mass is 10.1. The van der Waals surface area contributed by atoms with Crippen molar-refractivity contribution in [2.45, 2.75) is 57.7 Å². The lowest BCUT2D eigenvalue weighted by Gasteiger charge is -2.16. The number of rotatable bonds is 7. The first-order valence-electron chi connectivity index (χ1n) is 9.11. The van der Waals surface area contributed by atoms with E-state index in [1.165, 1.54) is 49.0 Å². The summed E-state index contributed by atoms with van der Waals surface area (Å²) in [6, 6.07) is 8.89. The SMILES string of the molecule is COc1cc(C[NH2+]C2CCCCCC2)cc(Cl)c1OCc1cccs1. The molecule has 1 fully saturated rings. The molecule has 0 bridgehead atoms. The summed E-state index contributed by atoms with van der Waals surface area (Å²) in [5.41, 5.74) is 1.19. The van der Waals surface area contributed by atoms with E-state index >= 15 is 0 Å². The molecular weight excluding hydrogens is 354 g/mol. The number of benzene rings is 1. The maximum atomic E-state index is 6.49. The second-order valence-electron chi connectivity index (χ2n) is 6.67. The average molecular weight is 381 g/mol. The molecule has 1 heterocycles. The van der Waals surface area contributed by atoms with Crippen molar-refractivity contribution in [1.82, 2.24) is 0 Å². The zero-order chi connectivity index (χ0) is 17.5. The van der Waals surface area contributed by atoms with Gasteiger partial charge >= 0.3 is 0 Å².